The minimum atomic E-state index is -4.69. The number of anilines is 1. The first kappa shape index (κ1) is 55.5. The van der Waals surface area contributed by atoms with Gasteiger partial charge in [0.2, 0.25) is 23.6 Å². The Hall–Kier alpha value is -6.24. The lowest BCUT2D eigenvalue weighted by Crippen LogP contribution is -2.54. The van der Waals surface area contributed by atoms with Gasteiger partial charge in [0.1, 0.15) is 42.8 Å². The standard InChI is InChI=1S/C50H64F3N11O9S/c1-30-10-9-14-62(23-30)24-34-18-36-37(38(19-34)50(51,52)53)25-64(48(36)71)39-20-35(49(26-73-27-49)22-40-60-55-28-61(40)5)21-42(59-39)74-17-16-72-29-54-45(68)31(2)57-47(70)33(4)58-46(69)32(3)56-41(65)11-7-6-8-15-63-43(66)12-13-44(63)67/h12-13,18-21,28,30-33H,6-11,14-17,22-27,29H2,1-5H3,(H,54,68)(H,56,65)(H,57,70)(H,58,69)/t30-,31-,32-,33+/m0/s1. The van der Waals surface area contributed by atoms with Crippen LogP contribution in [0.15, 0.2) is 47.8 Å². The van der Waals surface area contributed by atoms with Crippen LogP contribution in [0.1, 0.15) is 105 Å². The van der Waals surface area contributed by atoms with Crippen LogP contribution in [-0.2, 0) is 76.4 Å². The minimum absolute atomic E-state index is 0.00841. The highest BCUT2D eigenvalue weighted by Crippen LogP contribution is 2.42. The fraction of sp³-hybridized carbons (Fsp3) is 0.560. The van der Waals surface area contributed by atoms with Gasteiger partial charge >= 0.3 is 6.18 Å². The molecule has 4 aliphatic heterocycles. The number of piperidine rings is 1. The molecule has 7 rings (SSSR count). The number of imide groups is 1. The van der Waals surface area contributed by atoms with Gasteiger partial charge in [0.05, 0.1) is 37.0 Å². The second kappa shape index (κ2) is 24.4. The van der Waals surface area contributed by atoms with E-state index in [1.165, 1.54) is 55.7 Å². The Morgan fingerprint density at radius 2 is 1.64 bits per heavy atom. The van der Waals surface area contributed by atoms with E-state index in [0.717, 1.165) is 36.4 Å². The Balaban J connectivity index is 0.900. The number of aryl methyl sites for hydroxylation is 1. The smallest absolute Gasteiger partial charge is 0.379 e. The van der Waals surface area contributed by atoms with Gasteiger partial charge in [-0.2, -0.15) is 13.2 Å². The van der Waals surface area contributed by atoms with Crippen LogP contribution in [0.4, 0.5) is 19.0 Å². The summed E-state index contributed by atoms with van der Waals surface area (Å²) in [5.74, 6) is -1.84. The third-order valence-corrected chi connectivity index (χ3v) is 14.5. The second-order valence-electron chi connectivity index (χ2n) is 19.6. The highest BCUT2D eigenvalue weighted by molar-refractivity contribution is 7.99. The Morgan fingerprint density at radius 1 is 0.932 bits per heavy atom. The molecule has 1 aromatic carbocycles. The number of hydrogen-bond donors (Lipinski definition) is 4. The molecule has 0 spiro atoms. The number of amides is 7. The summed E-state index contributed by atoms with van der Waals surface area (Å²) >= 11 is 1.30. The van der Waals surface area contributed by atoms with Crippen molar-refractivity contribution in [1.29, 1.82) is 0 Å². The number of likely N-dealkylation sites (tertiary alicyclic amines) is 1. The van der Waals surface area contributed by atoms with Gasteiger partial charge in [0.25, 0.3) is 17.7 Å². The van der Waals surface area contributed by atoms with Crippen LogP contribution in [-0.4, -0.2) is 141 Å². The summed E-state index contributed by atoms with van der Waals surface area (Å²) in [6.45, 7) is 8.84. The molecular formula is C50H64F3N11O9S. The third kappa shape index (κ3) is 13.9. The predicted molar refractivity (Wildman–Crippen MR) is 264 cm³/mol. The molecule has 2 saturated heterocycles. The van der Waals surface area contributed by atoms with E-state index in [1.807, 2.05) is 13.1 Å². The maximum Gasteiger partial charge on any atom is 0.416 e. The number of unbranched alkanes of at least 4 members (excludes halogenated alkanes) is 2. The maximum atomic E-state index is 14.8. The average Bonchev–Trinajstić information content (AvgIpc) is 4.01. The van der Waals surface area contributed by atoms with Crippen molar-refractivity contribution in [3.63, 3.8) is 0 Å². The highest BCUT2D eigenvalue weighted by Gasteiger charge is 2.45. The summed E-state index contributed by atoms with van der Waals surface area (Å²) in [6.07, 6.45) is 3.50. The number of carbonyl (C=O) groups is 7. The summed E-state index contributed by atoms with van der Waals surface area (Å²) in [7, 11) is 1.83. The molecular weight excluding hydrogens is 988 g/mol. The van der Waals surface area contributed by atoms with Crippen LogP contribution < -0.4 is 26.2 Å². The number of fused-ring (bicyclic) bond motifs is 1. The van der Waals surface area contributed by atoms with Crippen molar-refractivity contribution in [2.24, 2.45) is 13.0 Å². The molecule has 2 aromatic heterocycles. The van der Waals surface area contributed by atoms with Crippen molar-refractivity contribution >= 4 is 58.9 Å². The molecule has 20 nitrogen and oxygen atoms in total. The topological polar surface area (TPSA) is 239 Å². The fourth-order valence-electron chi connectivity index (χ4n) is 9.31. The van der Waals surface area contributed by atoms with E-state index >= 15 is 0 Å². The second-order valence-corrected chi connectivity index (χ2v) is 20.7. The molecule has 0 radical (unpaired) electrons. The van der Waals surface area contributed by atoms with Crippen molar-refractivity contribution in [3.05, 3.63) is 76.4 Å². The molecule has 4 N–H and O–H groups in total. The maximum absolute atomic E-state index is 14.8. The monoisotopic (exact) mass is 1050 g/mol. The molecule has 0 unspecified atom stereocenters. The number of alkyl halides is 3. The van der Waals surface area contributed by atoms with E-state index in [4.69, 9.17) is 14.5 Å². The van der Waals surface area contributed by atoms with Gasteiger partial charge in [0.15, 0.2) is 0 Å². The van der Waals surface area contributed by atoms with E-state index < -0.39 is 58.9 Å². The SMILES string of the molecule is C[C@H]1CCCN(Cc2cc3c(c(C(F)(F)F)c2)CN(c2cc(C4(Cc5nncn5C)COC4)cc(SCCOCNC(=O)[C@H](C)NC(=O)[C@@H](C)NC(=O)[C@H](C)NC(=O)CCCCCN4C(=O)C=CC4=O)n2)C3=O)C1. The van der Waals surface area contributed by atoms with Gasteiger partial charge in [-0.05, 0) is 99.9 Å². The zero-order valence-corrected chi connectivity index (χ0v) is 43.0. The molecule has 0 bridgehead atoms. The molecule has 0 saturated carbocycles. The normalized spacial score (nSPS) is 18.7. The first-order valence-electron chi connectivity index (χ1n) is 24.8. The predicted octanol–water partition coefficient (Wildman–Crippen LogP) is 3.31. The van der Waals surface area contributed by atoms with Crippen molar-refractivity contribution in [3.8, 4) is 0 Å². The van der Waals surface area contributed by atoms with Crippen LogP contribution in [0.25, 0.3) is 0 Å². The largest absolute Gasteiger partial charge is 0.416 e. The Labute approximate surface area is 431 Å². The van der Waals surface area contributed by atoms with E-state index in [1.54, 1.807) is 23.0 Å². The van der Waals surface area contributed by atoms with E-state index in [0.29, 0.717) is 73.5 Å². The van der Waals surface area contributed by atoms with Gasteiger partial charge in [-0.3, -0.25) is 48.3 Å². The number of pyridine rings is 1. The number of carbonyl (C=O) groups excluding carboxylic acids is 7. The molecule has 74 heavy (non-hydrogen) atoms. The van der Waals surface area contributed by atoms with Gasteiger partial charge < -0.3 is 35.3 Å². The van der Waals surface area contributed by atoms with E-state index in [-0.39, 0.29) is 67.5 Å². The quantitative estimate of drug-likeness (QED) is 0.0436. The first-order valence-corrected chi connectivity index (χ1v) is 25.8. The summed E-state index contributed by atoms with van der Waals surface area (Å²) < 4.78 is 57.5. The van der Waals surface area contributed by atoms with E-state index in [9.17, 15) is 46.7 Å². The summed E-state index contributed by atoms with van der Waals surface area (Å²) in [4.78, 5) is 97.9. The van der Waals surface area contributed by atoms with Gasteiger partial charge in [-0.1, -0.05) is 13.3 Å². The van der Waals surface area contributed by atoms with Crippen LogP contribution in [0.5, 0.6) is 0 Å². The van der Waals surface area contributed by atoms with Gasteiger partial charge in [0, 0.05) is 68.4 Å². The Kier molecular flexibility index (Phi) is 18.3. The number of ether oxygens (including phenoxy) is 2. The molecule has 3 aromatic rings. The molecule has 0 aliphatic carbocycles. The van der Waals surface area contributed by atoms with Crippen molar-refractivity contribution in [2.45, 2.75) is 120 Å². The van der Waals surface area contributed by atoms with Gasteiger partial charge in [-0.15, -0.1) is 22.0 Å². The van der Waals surface area contributed by atoms with Crippen LogP contribution in [0.3, 0.4) is 0 Å². The van der Waals surface area contributed by atoms with Crippen LogP contribution >= 0.6 is 11.8 Å². The number of rotatable bonds is 24. The number of nitrogens with one attached hydrogen (secondary N) is 4. The average molecular weight is 1050 g/mol. The molecule has 2 fully saturated rings. The Morgan fingerprint density at radius 3 is 2.28 bits per heavy atom. The van der Waals surface area contributed by atoms with Crippen LogP contribution in [0, 0.1) is 5.92 Å². The Bertz CT molecular complexity index is 2610. The summed E-state index contributed by atoms with van der Waals surface area (Å²) in [6, 6.07) is 3.37. The van der Waals surface area contributed by atoms with E-state index in [2.05, 4.69) is 43.3 Å². The third-order valence-electron chi connectivity index (χ3n) is 13.6. The fourth-order valence-corrected chi connectivity index (χ4v) is 10.1. The van der Waals surface area contributed by atoms with Crippen LogP contribution in [0.2, 0.25) is 0 Å². The number of benzene rings is 1. The van der Waals surface area contributed by atoms with Gasteiger partial charge in [-0.25, -0.2) is 4.98 Å². The molecule has 24 heteroatoms. The number of thioether (sulfide) groups is 1. The molecule has 6 heterocycles. The number of nitrogens with zero attached hydrogens (tertiary/aromatic N) is 7. The lowest BCUT2D eigenvalue weighted by atomic mass is 9.76. The van der Waals surface area contributed by atoms with Crippen molar-refractivity contribution < 1.29 is 56.2 Å². The molecule has 7 amide bonds. The highest BCUT2D eigenvalue weighted by atomic mass is 32.2. The molecule has 4 aliphatic rings. The number of halogens is 3. The summed E-state index contributed by atoms with van der Waals surface area (Å²) in [5.41, 5.74) is -0.296. The zero-order valence-electron chi connectivity index (χ0n) is 42.2. The lowest BCUT2D eigenvalue weighted by Gasteiger charge is -2.42. The summed E-state index contributed by atoms with van der Waals surface area (Å²) in [5, 5.41) is 19.0. The van der Waals surface area contributed by atoms with Crippen molar-refractivity contribution in [1.82, 2.24) is 50.8 Å². The number of hydrogen-bond acceptors (Lipinski definition) is 14. The molecule has 400 valence electrons. The number of aromatic nitrogens is 4. The minimum Gasteiger partial charge on any atom is -0.379 e. The zero-order chi connectivity index (χ0) is 53.3. The lowest BCUT2D eigenvalue weighted by molar-refractivity contribution is -0.138. The first-order chi connectivity index (χ1) is 35.2. The molecule has 4 atom stereocenters. The van der Waals surface area contributed by atoms with Crippen molar-refractivity contribution in [2.75, 3.05) is 56.8 Å².